The molecule has 1 heterocycles. The predicted molar refractivity (Wildman–Crippen MR) is 488 cm³/mol. The molecule has 35 heteroatoms. The number of nitrogens with two attached hydrogens (primary N) is 1. The lowest BCUT2D eigenvalue weighted by Crippen LogP contribution is -2.61. The molecule has 15 amide bonds. The SMILES string of the molecule is CCCC[C@H]1C(=O)N(C)CC(=O)N[C@@H](CC(=O)O)C(=O)N[C@@H](C(C)C)C(=O)N(C)C(Cc2ccccc2)C(=O)N[C@@H](Cc2ccc(O)cc2)C(=O)N(C)CC(=O)N[C@@H](Cc2cccc3ccccc23)C(=O)N[C@@H](Cc2ccc(O)cc2)C(=O)N[C@@H](CC(C)C)C(=O)N[C@H](C(=O)NCC(N)=O)CSCC(=O)N[C@@H](Cc2ccccc2)C(=O)N(C)[C@@H](Cc2ccccc2)C(=O)N1C. The molecule has 7 aromatic rings. The number of amides is 15. The predicted octanol–water partition coefficient (Wildman–Crippen LogP) is 3.00. The van der Waals surface area contributed by atoms with E-state index in [4.69, 9.17) is 5.73 Å². The van der Waals surface area contributed by atoms with Gasteiger partial charge in [-0.15, -0.1) is 11.8 Å². The van der Waals surface area contributed by atoms with Crippen molar-refractivity contribution in [1.82, 2.24) is 72.4 Å². The lowest BCUT2D eigenvalue weighted by Gasteiger charge is -2.37. The van der Waals surface area contributed by atoms with Crippen LogP contribution in [-0.4, -0.2) is 267 Å². The first-order chi connectivity index (χ1) is 61.9. The minimum absolute atomic E-state index is 0.0300. The maximum Gasteiger partial charge on any atom is 0.305 e. The Morgan fingerprint density at radius 3 is 1.42 bits per heavy atom. The second kappa shape index (κ2) is 49.6. The van der Waals surface area contributed by atoms with Gasteiger partial charge in [-0.2, -0.15) is 0 Å². The number of benzene rings is 7. The first-order valence-corrected chi connectivity index (χ1v) is 44.2. The number of hydrogen-bond acceptors (Lipinski definition) is 19. The molecule has 11 atom stereocenters. The number of nitrogens with zero attached hydrogens (tertiary/aromatic N) is 5. The number of phenols is 2. The minimum atomic E-state index is -1.91. The number of nitrogens with one attached hydrogen (secondary N) is 9. The van der Waals surface area contributed by atoms with Gasteiger partial charge in [0.2, 0.25) is 88.6 Å². The largest absolute Gasteiger partial charge is 0.508 e. The Bertz CT molecular complexity index is 5110. The summed E-state index contributed by atoms with van der Waals surface area (Å²) < 4.78 is 0. The van der Waals surface area contributed by atoms with Crippen LogP contribution in [0.15, 0.2) is 182 Å². The van der Waals surface area contributed by atoms with Gasteiger partial charge in [0.05, 0.1) is 31.8 Å². The van der Waals surface area contributed by atoms with Crippen LogP contribution in [0.4, 0.5) is 0 Å². The van der Waals surface area contributed by atoms with Gasteiger partial charge in [0.15, 0.2) is 0 Å². The summed E-state index contributed by atoms with van der Waals surface area (Å²) >= 11 is 0.830. The molecule has 0 aliphatic carbocycles. The fourth-order valence-corrected chi connectivity index (χ4v) is 16.0. The van der Waals surface area contributed by atoms with E-state index in [1.807, 2.05) is 19.1 Å². The van der Waals surface area contributed by atoms with Crippen molar-refractivity contribution in [1.29, 1.82) is 0 Å². The summed E-state index contributed by atoms with van der Waals surface area (Å²) in [5, 5.41) is 56.5. The van der Waals surface area contributed by atoms with Crippen LogP contribution in [0.3, 0.4) is 0 Å². The molecule has 1 aliphatic heterocycles. The summed E-state index contributed by atoms with van der Waals surface area (Å²) in [6, 6.07) is 32.7. The molecule has 0 radical (unpaired) electrons. The van der Waals surface area contributed by atoms with Crippen LogP contribution in [-0.2, 0) is 115 Å². The molecule has 0 aromatic heterocycles. The second-order valence-corrected chi connectivity index (χ2v) is 34.4. The molecule has 8 rings (SSSR count). The van der Waals surface area contributed by atoms with Crippen LogP contribution in [0.5, 0.6) is 11.5 Å². The molecular formula is C95H119N15O19S. The number of aromatic hydroxyl groups is 2. The molecule has 1 fully saturated rings. The number of carboxylic acids is 1. The molecule has 1 saturated heterocycles. The zero-order valence-corrected chi connectivity index (χ0v) is 75.6. The first-order valence-electron chi connectivity index (χ1n) is 43.1. The summed E-state index contributed by atoms with van der Waals surface area (Å²) in [5.74, 6) is -17.4. The van der Waals surface area contributed by atoms with Crippen molar-refractivity contribution in [3.8, 4) is 11.5 Å². The Hall–Kier alpha value is -13.7. The number of carboxylic acid groups (broad SMARTS) is 1. The van der Waals surface area contributed by atoms with Gasteiger partial charge >= 0.3 is 5.97 Å². The maximum atomic E-state index is 15.5. The van der Waals surface area contributed by atoms with E-state index in [0.717, 1.165) is 31.8 Å². The Morgan fingerprint density at radius 2 is 0.877 bits per heavy atom. The van der Waals surface area contributed by atoms with Crippen molar-refractivity contribution >= 4 is 117 Å². The monoisotopic (exact) mass is 1810 g/mol. The third kappa shape index (κ3) is 30.8. The summed E-state index contributed by atoms with van der Waals surface area (Å²) in [5.41, 5.74) is 8.51. The molecule has 1 aliphatic rings. The van der Waals surface area contributed by atoms with Gasteiger partial charge < -0.3 is 93.4 Å². The van der Waals surface area contributed by atoms with Gasteiger partial charge in [-0.05, 0) is 93.1 Å². The quantitative estimate of drug-likeness (QED) is 0.0438. The number of carbonyl (C=O) groups is 16. The van der Waals surface area contributed by atoms with E-state index >= 15 is 38.4 Å². The van der Waals surface area contributed by atoms with Crippen molar-refractivity contribution < 1.29 is 92.0 Å². The molecule has 14 N–H and O–H groups in total. The molecule has 0 bridgehead atoms. The molecule has 34 nitrogen and oxygen atoms in total. The van der Waals surface area contributed by atoms with E-state index in [9.17, 15) is 53.7 Å². The van der Waals surface area contributed by atoms with E-state index in [1.165, 1.54) is 93.6 Å². The summed E-state index contributed by atoms with van der Waals surface area (Å²) in [6.45, 7) is 6.18. The number of primary amides is 1. The third-order valence-electron chi connectivity index (χ3n) is 22.3. The number of unbranched alkanes of at least 4 members (excludes halogenated alkanes) is 1. The van der Waals surface area contributed by atoms with Gasteiger partial charge in [0, 0.05) is 79.5 Å². The average Bonchev–Trinajstić information content (AvgIpc) is 0.835. The van der Waals surface area contributed by atoms with E-state index in [1.54, 1.807) is 149 Å². The lowest BCUT2D eigenvalue weighted by molar-refractivity contribution is -0.151. The van der Waals surface area contributed by atoms with Gasteiger partial charge in [0.1, 0.15) is 78.0 Å². The minimum Gasteiger partial charge on any atom is -0.508 e. The van der Waals surface area contributed by atoms with Crippen molar-refractivity contribution in [3.63, 3.8) is 0 Å². The smallest absolute Gasteiger partial charge is 0.305 e. The number of phenolic OH excluding ortho intramolecular Hbond substituents is 2. The molecule has 694 valence electrons. The number of aliphatic carboxylic acids is 1. The van der Waals surface area contributed by atoms with Crippen molar-refractivity contribution in [2.45, 2.75) is 172 Å². The van der Waals surface area contributed by atoms with Gasteiger partial charge in [-0.1, -0.05) is 205 Å². The van der Waals surface area contributed by atoms with Gasteiger partial charge in [-0.3, -0.25) is 76.7 Å². The molecular weight excluding hydrogens is 1690 g/mol. The van der Waals surface area contributed by atoms with Gasteiger partial charge in [0.25, 0.3) is 0 Å². The Kier molecular flexibility index (Phi) is 38.8. The van der Waals surface area contributed by atoms with Crippen LogP contribution in [0.2, 0.25) is 0 Å². The topological polar surface area (TPSA) is 484 Å². The van der Waals surface area contributed by atoms with E-state index in [-0.39, 0.29) is 74.5 Å². The maximum absolute atomic E-state index is 15.5. The van der Waals surface area contributed by atoms with E-state index < -0.39 is 199 Å². The zero-order valence-electron chi connectivity index (χ0n) is 74.7. The van der Waals surface area contributed by atoms with Crippen LogP contribution < -0.4 is 53.6 Å². The fraction of sp³-hybridized carbons (Fsp3) is 0.411. The highest BCUT2D eigenvalue weighted by molar-refractivity contribution is 8.00. The average molecular weight is 1810 g/mol. The fourth-order valence-electron chi connectivity index (χ4n) is 15.1. The lowest BCUT2D eigenvalue weighted by atomic mass is 9.97. The normalized spacial score (nSPS) is 21.8. The highest BCUT2D eigenvalue weighted by atomic mass is 32.2. The second-order valence-electron chi connectivity index (χ2n) is 33.3. The summed E-state index contributed by atoms with van der Waals surface area (Å²) in [6.07, 6.45) is -1.52. The molecule has 130 heavy (non-hydrogen) atoms. The Labute approximate surface area is 760 Å². The zero-order chi connectivity index (χ0) is 95.0. The molecule has 1 unspecified atom stereocenters. The van der Waals surface area contributed by atoms with Crippen LogP contribution >= 0.6 is 11.8 Å². The number of fused-ring (bicyclic) bond motifs is 1. The Morgan fingerprint density at radius 1 is 0.438 bits per heavy atom. The molecule has 0 spiro atoms. The highest BCUT2D eigenvalue weighted by Crippen LogP contribution is 2.25. The Balaban J connectivity index is 1.22. The van der Waals surface area contributed by atoms with Crippen LogP contribution in [0.1, 0.15) is 100 Å². The van der Waals surface area contributed by atoms with Crippen LogP contribution in [0.25, 0.3) is 10.8 Å². The third-order valence-corrected chi connectivity index (χ3v) is 23.3. The number of likely N-dealkylation sites (N-methyl/N-ethyl adjacent to an activating group) is 5. The van der Waals surface area contributed by atoms with Crippen molar-refractivity contribution in [3.05, 3.63) is 215 Å². The number of carbonyl (C=O) groups excluding carboxylic acids is 15. The van der Waals surface area contributed by atoms with E-state index in [2.05, 4.69) is 47.9 Å². The summed E-state index contributed by atoms with van der Waals surface area (Å²) in [7, 11) is 6.55. The highest BCUT2D eigenvalue weighted by Gasteiger charge is 2.42. The number of hydrogen-bond donors (Lipinski definition) is 13. The first kappa shape index (κ1) is 102. The van der Waals surface area contributed by atoms with Crippen molar-refractivity contribution in [2.75, 3.05) is 66.4 Å². The van der Waals surface area contributed by atoms with Crippen molar-refractivity contribution in [2.24, 2.45) is 17.6 Å². The standard InChI is InChI=1S/C95H119N15O19S/c1-11-12-35-76-93(127)107(7)54-81(115)99-72(51-83(117)118)89(123)105-84(58(4)5)95(129)109(9)77(48-60-27-18-14-19-28-60)90(124)103-73(47-63-38-42-67(112)43-39-63)91(125)106(6)53-80(114)98-71(50-65-33-24-32-64-31-22-23-34-68(64)65)88(122)102-70(45-62-36-40-66(111)41-37-62)87(121)101-69(44-57(2)3)86(120)104-75(85(119)97-52-79(96)113)55-130-56-82(116)100-74(46-59-25-16-13-17-26-59)92(126)110(10)78(94(128)108(76)8)49-61-29-20-15-21-30-61/h13-34,36-43,57-58,69-78,84,111-112H,11-12,35,44-56H2,1-10H3,(H2,96,113)(H,97,119)(H,98,114)(H,99,115)(H,100,116)(H,101,121)(H,102,122)(H,103,124)(H,104,120)(H,105,123)(H,117,118)/t69-,70-,71-,72-,73-,74-,75-,76-,77?,78-,84-/m0/s1. The summed E-state index contributed by atoms with van der Waals surface area (Å²) in [4.78, 5) is 241. The molecule has 0 saturated carbocycles. The number of thioether (sulfide) groups is 1. The molecule has 7 aromatic carbocycles. The van der Waals surface area contributed by atoms with E-state index in [0.29, 0.717) is 51.6 Å². The van der Waals surface area contributed by atoms with Gasteiger partial charge in [-0.25, -0.2) is 0 Å². The number of rotatable bonds is 23. The van der Waals surface area contributed by atoms with Crippen LogP contribution in [0, 0.1) is 11.8 Å².